The van der Waals surface area contributed by atoms with Gasteiger partial charge in [-0.05, 0) is 51.3 Å². The first-order valence-corrected chi connectivity index (χ1v) is 11.2. The van der Waals surface area contributed by atoms with Gasteiger partial charge in [0.1, 0.15) is 17.2 Å². The van der Waals surface area contributed by atoms with Gasteiger partial charge in [0.15, 0.2) is 5.78 Å². The van der Waals surface area contributed by atoms with Gasteiger partial charge in [0.2, 0.25) is 0 Å². The highest BCUT2D eigenvalue weighted by Crippen LogP contribution is 2.49. The lowest BCUT2D eigenvalue weighted by molar-refractivity contribution is 0.104. The summed E-state index contributed by atoms with van der Waals surface area (Å²) in [6, 6.07) is 9.96. The van der Waals surface area contributed by atoms with E-state index in [0.29, 0.717) is 48.5 Å². The number of fused-ring (bicyclic) bond motifs is 3. The minimum atomic E-state index is 0.00213. The van der Waals surface area contributed by atoms with E-state index in [1.807, 2.05) is 37.3 Å². The lowest BCUT2D eigenvalue weighted by Crippen LogP contribution is -2.35. The number of benzene rings is 2. The van der Waals surface area contributed by atoms with Gasteiger partial charge in [-0.25, -0.2) is 0 Å². The molecule has 1 aliphatic carbocycles. The van der Waals surface area contributed by atoms with E-state index in [-0.39, 0.29) is 5.78 Å². The van der Waals surface area contributed by atoms with Crippen LogP contribution < -0.4 is 19.5 Å². The maximum atomic E-state index is 13.2. The fourth-order valence-electron chi connectivity index (χ4n) is 4.32. The predicted molar refractivity (Wildman–Crippen MR) is 118 cm³/mol. The van der Waals surface area contributed by atoms with Crippen LogP contribution in [0.1, 0.15) is 61.9 Å². The standard InChI is InChI=1S/C25H31NO4/c1-3-13-29-18-15-20-24(22(16-18)28-4-2)23-19(25(20)27)9-7-10-21(23)30-14-11-17-8-5-6-12-26-17/h7,9-10,15-17,26H,3-6,8,11-14H2,1-2H3. The molecule has 2 aliphatic rings. The van der Waals surface area contributed by atoms with E-state index >= 15 is 0 Å². The van der Waals surface area contributed by atoms with Crippen molar-refractivity contribution in [2.75, 3.05) is 26.4 Å². The Morgan fingerprint density at radius 2 is 1.83 bits per heavy atom. The molecule has 1 saturated heterocycles. The Labute approximate surface area is 178 Å². The highest BCUT2D eigenvalue weighted by molar-refractivity contribution is 6.23. The average molecular weight is 410 g/mol. The van der Waals surface area contributed by atoms with Gasteiger partial charge in [-0.1, -0.05) is 25.5 Å². The smallest absolute Gasteiger partial charge is 0.194 e. The minimum Gasteiger partial charge on any atom is -0.493 e. The lowest BCUT2D eigenvalue weighted by Gasteiger charge is -2.23. The van der Waals surface area contributed by atoms with Crippen molar-refractivity contribution in [3.8, 4) is 28.4 Å². The monoisotopic (exact) mass is 409 g/mol. The summed E-state index contributed by atoms with van der Waals surface area (Å²) in [5.74, 6) is 2.10. The number of carbonyl (C=O) groups excluding carboxylic acids is 1. The van der Waals surface area contributed by atoms with E-state index in [1.54, 1.807) is 0 Å². The van der Waals surface area contributed by atoms with Gasteiger partial charge in [-0.3, -0.25) is 4.79 Å². The molecule has 0 saturated carbocycles. The zero-order valence-corrected chi connectivity index (χ0v) is 18.0. The number of carbonyl (C=O) groups is 1. The van der Waals surface area contributed by atoms with E-state index < -0.39 is 0 Å². The van der Waals surface area contributed by atoms with Crippen LogP contribution in [0.2, 0.25) is 0 Å². The quantitative estimate of drug-likeness (QED) is 0.539. The Morgan fingerprint density at radius 1 is 0.967 bits per heavy atom. The lowest BCUT2D eigenvalue weighted by atomic mass is 10.0. The van der Waals surface area contributed by atoms with Gasteiger partial charge in [-0.2, -0.15) is 0 Å². The number of rotatable bonds is 9. The molecule has 5 heteroatoms. The van der Waals surface area contributed by atoms with Gasteiger partial charge >= 0.3 is 0 Å². The summed E-state index contributed by atoms with van der Waals surface area (Å²) in [5, 5.41) is 3.56. The van der Waals surface area contributed by atoms with Crippen molar-refractivity contribution in [1.29, 1.82) is 0 Å². The predicted octanol–water partition coefficient (Wildman–Crippen LogP) is 5.00. The molecule has 1 unspecified atom stereocenters. The fraction of sp³-hybridized carbons (Fsp3) is 0.480. The molecule has 0 radical (unpaired) electrons. The molecule has 1 atom stereocenters. The van der Waals surface area contributed by atoms with Gasteiger partial charge < -0.3 is 19.5 Å². The van der Waals surface area contributed by atoms with Crippen molar-refractivity contribution < 1.29 is 19.0 Å². The van der Waals surface area contributed by atoms with E-state index in [2.05, 4.69) is 12.2 Å². The van der Waals surface area contributed by atoms with Gasteiger partial charge in [-0.15, -0.1) is 0 Å². The second-order valence-corrected chi connectivity index (χ2v) is 7.92. The molecule has 2 aromatic carbocycles. The summed E-state index contributed by atoms with van der Waals surface area (Å²) in [6.45, 7) is 6.85. The Kier molecular flexibility index (Phi) is 6.58. The van der Waals surface area contributed by atoms with Crippen LogP contribution in [0.3, 0.4) is 0 Å². The molecule has 1 heterocycles. The molecule has 1 N–H and O–H groups in total. The third kappa shape index (κ3) is 4.17. The zero-order chi connectivity index (χ0) is 20.9. The number of nitrogens with one attached hydrogen (secondary N) is 1. The van der Waals surface area contributed by atoms with Crippen LogP contribution in [-0.4, -0.2) is 38.2 Å². The molecule has 30 heavy (non-hydrogen) atoms. The Bertz CT molecular complexity index is 902. The number of hydrogen-bond acceptors (Lipinski definition) is 5. The molecule has 1 fully saturated rings. The largest absolute Gasteiger partial charge is 0.493 e. The number of ketones is 1. The van der Waals surface area contributed by atoms with Gasteiger partial charge in [0.25, 0.3) is 0 Å². The van der Waals surface area contributed by atoms with Crippen molar-refractivity contribution in [2.45, 2.75) is 52.0 Å². The van der Waals surface area contributed by atoms with E-state index in [9.17, 15) is 4.79 Å². The first-order valence-electron chi connectivity index (χ1n) is 11.2. The second kappa shape index (κ2) is 9.52. The SMILES string of the molecule is CCCOc1cc(OCC)c2c(c1)C(=O)c1cccc(OCCC3CCCCN3)c1-2. The molecule has 4 rings (SSSR count). The van der Waals surface area contributed by atoms with Crippen LogP contribution in [0.4, 0.5) is 0 Å². The van der Waals surface area contributed by atoms with E-state index in [1.165, 1.54) is 19.3 Å². The normalized spacial score (nSPS) is 17.4. The first kappa shape index (κ1) is 20.7. The molecule has 0 amide bonds. The Hall–Kier alpha value is -2.53. The number of piperidine rings is 1. The van der Waals surface area contributed by atoms with Crippen molar-refractivity contribution in [3.63, 3.8) is 0 Å². The number of hydrogen-bond donors (Lipinski definition) is 1. The molecule has 0 bridgehead atoms. The molecule has 0 spiro atoms. The van der Waals surface area contributed by atoms with Crippen LogP contribution >= 0.6 is 0 Å². The summed E-state index contributed by atoms with van der Waals surface area (Å²) in [7, 11) is 0. The van der Waals surface area contributed by atoms with Crippen molar-refractivity contribution >= 4 is 5.78 Å². The summed E-state index contributed by atoms with van der Waals surface area (Å²) in [5.41, 5.74) is 2.98. The third-order valence-electron chi connectivity index (χ3n) is 5.75. The van der Waals surface area contributed by atoms with Crippen LogP contribution in [0, 0.1) is 0 Å². The summed E-state index contributed by atoms with van der Waals surface area (Å²) < 4.78 is 17.9. The fourth-order valence-corrected chi connectivity index (χ4v) is 4.32. The topological polar surface area (TPSA) is 56.8 Å². The van der Waals surface area contributed by atoms with Crippen LogP contribution in [0.5, 0.6) is 17.2 Å². The Morgan fingerprint density at radius 3 is 2.60 bits per heavy atom. The molecular formula is C25H31NO4. The highest BCUT2D eigenvalue weighted by atomic mass is 16.5. The van der Waals surface area contributed by atoms with Gasteiger partial charge in [0, 0.05) is 34.4 Å². The molecule has 5 nitrogen and oxygen atoms in total. The molecule has 0 aromatic heterocycles. The number of ether oxygens (including phenoxy) is 3. The Balaban J connectivity index is 1.63. The zero-order valence-electron chi connectivity index (χ0n) is 18.0. The summed E-state index contributed by atoms with van der Waals surface area (Å²) in [4.78, 5) is 13.2. The highest BCUT2D eigenvalue weighted by Gasteiger charge is 2.33. The van der Waals surface area contributed by atoms with E-state index in [0.717, 1.165) is 36.3 Å². The van der Waals surface area contributed by atoms with Crippen molar-refractivity contribution in [1.82, 2.24) is 5.32 Å². The van der Waals surface area contributed by atoms with Crippen LogP contribution in [-0.2, 0) is 0 Å². The molecule has 160 valence electrons. The maximum Gasteiger partial charge on any atom is 0.194 e. The minimum absolute atomic E-state index is 0.00213. The van der Waals surface area contributed by atoms with Crippen LogP contribution in [0.25, 0.3) is 11.1 Å². The summed E-state index contributed by atoms with van der Waals surface area (Å²) >= 11 is 0. The second-order valence-electron chi connectivity index (χ2n) is 7.92. The maximum absolute atomic E-state index is 13.2. The first-order chi connectivity index (χ1) is 14.7. The molecule has 2 aromatic rings. The third-order valence-corrected chi connectivity index (χ3v) is 5.75. The van der Waals surface area contributed by atoms with Crippen LogP contribution in [0.15, 0.2) is 30.3 Å². The van der Waals surface area contributed by atoms with E-state index in [4.69, 9.17) is 14.2 Å². The average Bonchev–Trinajstić information content (AvgIpc) is 3.06. The van der Waals surface area contributed by atoms with Gasteiger partial charge in [0.05, 0.1) is 19.8 Å². The summed E-state index contributed by atoms with van der Waals surface area (Å²) in [6.07, 6.45) is 5.61. The van der Waals surface area contributed by atoms with Crippen molar-refractivity contribution in [3.05, 3.63) is 41.5 Å². The molecular weight excluding hydrogens is 378 g/mol. The molecule has 1 aliphatic heterocycles. The van der Waals surface area contributed by atoms with Crippen molar-refractivity contribution in [2.24, 2.45) is 0 Å².